The lowest BCUT2D eigenvalue weighted by molar-refractivity contribution is -0.384. The van der Waals surface area contributed by atoms with E-state index in [1.165, 1.54) is 24.3 Å². The molecule has 0 fully saturated rings. The van der Waals surface area contributed by atoms with Gasteiger partial charge in [0, 0.05) is 24.9 Å². The zero-order valence-corrected chi connectivity index (χ0v) is 7.88. The molecule has 0 radical (unpaired) electrons. The van der Waals surface area contributed by atoms with Crippen LogP contribution in [0.4, 0.5) is 16.2 Å². The van der Waals surface area contributed by atoms with Crippen molar-refractivity contribution < 1.29 is 14.9 Å². The Morgan fingerprint density at radius 3 is 2.80 bits per heavy atom. The normalized spacial score (nSPS) is 9.47. The number of hydrogen-bond acceptors (Lipinski definition) is 4. The first kappa shape index (κ1) is 10.9. The van der Waals surface area contributed by atoms with E-state index in [1.807, 2.05) is 0 Å². The number of nitro groups is 1. The quantitative estimate of drug-likeness (QED) is 0.439. The highest BCUT2D eigenvalue weighted by Gasteiger charge is 2.09. The first-order chi connectivity index (χ1) is 7.00. The smallest absolute Gasteiger partial charge is 0.306 e. The van der Waals surface area contributed by atoms with Gasteiger partial charge in [-0.05, 0) is 6.07 Å². The second-order valence-corrected chi connectivity index (χ2v) is 2.76. The highest BCUT2D eigenvalue weighted by atomic mass is 16.6. The molecule has 1 aromatic carbocycles. The Balaban J connectivity index is 2.83. The van der Waals surface area contributed by atoms with Crippen molar-refractivity contribution in [1.29, 1.82) is 0 Å². The number of non-ortho nitro benzene ring substituents is 1. The summed E-state index contributed by atoms with van der Waals surface area (Å²) in [5, 5.41) is 21.8. The summed E-state index contributed by atoms with van der Waals surface area (Å²) in [6.07, 6.45) is 0. The molecular formula is C8H9N3O4. The van der Waals surface area contributed by atoms with Crippen LogP contribution in [0.1, 0.15) is 0 Å². The predicted molar refractivity (Wildman–Crippen MR) is 51.7 cm³/mol. The number of amides is 2. The van der Waals surface area contributed by atoms with E-state index in [-0.39, 0.29) is 11.4 Å². The van der Waals surface area contributed by atoms with Gasteiger partial charge in [0.05, 0.1) is 4.92 Å². The fraction of sp³-hybridized carbons (Fsp3) is 0.125. The first-order valence-electron chi connectivity index (χ1n) is 3.99. The second kappa shape index (κ2) is 4.38. The first-order valence-corrected chi connectivity index (χ1v) is 3.99. The zero-order valence-electron chi connectivity index (χ0n) is 7.88. The molecule has 0 aromatic heterocycles. The highest BCUT2D eigenvalue weighted by Crippen LogP contribution is 2.16. The molecule has 80 valence electrons. The molecule has 2 amide bonds. The predicted octanol–water partition coefficient (Wildman–Crippen LogP) is 1.45. The van der Waals surface area contributed by atoms with E-state index < -0.39 is 11.0 Å². The number of anilines is 1. The summed E-state index contributed by atoms with van der Waals surface area (Å²) in [6.45, 7) is 0. The van der Waals surface area contributed by atoms with E-state index in [4.69, 9.17) is 5.21 Å². The topological polar surface area (TPSA) is 95.7 Å². The lowest BCUT2D eigenvalue weighted by atomic mass is 10.3. The van der Waals surface area contributed by atoms with Crippen LogP contribution in [0.2, 0.25) is 0 Å². The number of nitro benzene ring substituents is 1. The number of rotatable bonds is 2. The molecule has 0 bridgehead atoms. The van der Waals surface area contributed by atoms with E-state index >= 15 is 0 Å². The summed E-state index contributed by atoms with van der Waals surface area (Å²) in [5.74, 6) is 0. The van der Waals surface area contributed by atoms with Crippen LogP contribution < -0.4 is 5.32 Å². The van der Waals surface area contributed by atoms with Gasteiger partial charge in [0.1, 0.15) is 0 Å². The molecule has 0 saturated carbocycles. The standard InChI is InChI=1S/C8H9N3O4/c1-10(13)8(12)9-6-3-2-4-7(5-6)11(14)15/h2-5,13H,1H3,(H,9,12). The largest absolute Gasteiger partial charge is 0.345 e. The number of urea groups is 1. The molecule has 1 aromatic rings. The monoisotopic (exact) mass is 211 g/mol. The van der Waals surface area contributed by atoms with E-state index in [1.54, 1.807) is 0 Å². The van der Waals surface area contributed by atoms with Crippen molar-refractivity contribution in [2.45, 2.75) is 0 Å². The molecular weight excluding hydrogens is 202 g/mol. The van der Waals surface area contributed by atoms with Crippen molar-refractivity contribution in [2.75, 3.05) is 12.4 Å². The number of carbonyl (C=O) groups is 1. The maximum atomic E-state index is 11.0. The van der Waals surface area contributed by atoms with Crippen LogP contribution in [0.15, 0.2) is 24.3 Å². The van der Waals surface area contributed by atoms with Gasteiger partial charge in [-0.25, -0.2) is 9.86 Å². The molecule has 0 saturated heterocycles. The fourth-order valence-electron chi connectivity index (χ4n) is 0.902. The van der Waals surface area contributed by atoms with Crippen LogP contribution in [0.3, 0.4) is 0 Å². The molecule has 0 atom stereocenters. The second-order valence-electron chi connectivity index (χ2n) is 2.76. The van der Waals surface area contributed by atoms with Gasteiger partial charge in [-0.15, -0.1) is 0 Å². The van der Waals surface area contributed by atoms with Crippen LogP contribution in [-0.4, -0.2) is 28.3 Å². The number of nitrogens with one attached hydrogen (secondary N) is 1. The van der Waals surface area contributed by atoms with Crippen molar-refractivity contribution in [1.82, 2.24) is 5.06 Å². The maximum Gasteiger partial charge on any atom is 0.345 e. The molecule has 0 heterocycles. The average molecular weight is 211 g/mol. The van der Waals surface area contributed by atoms with E-state index in [9.17, 15) is 14.9 Å². The van der Waals surface area contributed by atoms with Crippen LogP contribution in [0.5, 0.6) is 0 Å². The van der Waals surface area contributed by atoms with E-state index in [0.29, 0.717) is 5.06 Å². The van der Waals surface area contributed by atoms with Crippen LogP contribution in [0, 0.1) is 10.1 Å². The average Bonchev–Trinajstić information content (AvgIpc) is 2.18. The number of hydroxylamine groups is 2. The summed E-state index contributed by atoms with van der Waals surface area (Å²) in [6, 6.07) is 4.65. The van der Waals surface area contributed by atoms with Gasteiger partial charge in [-0.2, -0.15) is 0 Å². The van der Waals surface area contributed by atoms with Gasteiger partial charge in [0.25, 0.3) is 5.69 Å². The minimum absolute atomic E-state index is 0.131. The van der Waals surface area contributed by atoms with Crippen molar-refractivity contribution in [3.63, 3.8) is 0 Å². The molecule has 7 nitrogen and oxygen atoms in total. The molecule has 0 unspecified atom stereocenters. The molecule has 0 spiro atoms. The third-order valence-electron chi connectivity index (χ3n) is 1.60. The Morgan fingerprint density at radius 2 is 2.27 bits per heavy atom. The zero-order chi connectivity index (χ0) is 11.4. The Morgan fingerprint density at radius 1 is 1.60 bits per heavy atom. The lowest BCUT2D eigenvalue weighted by Crippen LogP contribution is -2.27. The number of hydrogen-bond donors (Lipinski definition) is 2. The molecule has 2 N–H and O–H groups in total. The summed E-state index contributed by atoms with van der Waals surface area (Å²) in [4.78, 5) is 20.8. The van der Waals surface area contributed by atoms with Crippen LogP contribution >= 0.6 is 0 Å². The fourth-order valence-corrected chi connectivity index (χ4v) is 0.902. The van der Waals surface area contributed by atoms with Crippen molar-refractivity contribution in [3.8, 4) is 0 Å². The molecule has 1 rings (SSSR count). The summed E-state index contributed by atoms with van der Waals surface area (Å²) in [7, 11) is 1.15. The Hall–Kier alpha value is -2.15. The van der Waals surface area contributed by atoms with Crippen molar-refractivity contribution in [3.05, 3.63) is 34.4 Å². The van der Waals surface area contributed by atoms with E-state index in [0.717, 1.165) is 7.05 Å². The summed E-state index contributed by atoms with van der Waals surface area (Å²) < 4.78 is 0. The number of nitrogens with zero attached hydrogens (tertiary/aromatic N) is 2. The lowest BCUT2D eigenvalue weighted by Gasteiger charge is -2.09. The van der Waals surface area contributed by atoms with Gasteiger partial charge < -0.3 is 5.32 Å². The molecule has 0 aliphatic carbocycles. The van der Waals surface area contributed by atoms with Crippen molar-refractivity contribution in [2.24, 2.45) is 0 Å². The number of benzene rings is 1. The maximum absolute atomic E-state index is 11.0. The third-order valence-corrected chi connectivity index (χ3v) is 1.60. The molecule has 7 heteroatoms. The minimum Gasteiger partial charge on any atom is -0.306 e. The van der Waals surface area contributed by atoms with Gasteiger partial charge in [-0.1, -0.05) is 6.07 Å². The Bertz CT molecular complexity index is 391. The SMILES string of the molecule is CN(O)C(=O)Nc1cccc([N+](=O)[O-])c1. The number of carbonyl (C=O) groups excluding carboxylic acids is 1. The van der Waals surface area contributed by atoms with Gasteiger partial charge in [-0.3, -0.25) is 15.3 Å². The van der Waals surface area contributed by atoms with Crippen LogP contribution in [0.25, 0.3) is 0 Å². The molecule has 0 aliphatic rings. The van der Waals surface area contributed by atoms with Gasteiger partial charge in [0.15, 0.2) is 0 Å². The summed E-state index contributed by atoms with van der Waals surface area (Å²) >= 11 is 0. The summed E-state index contributed by atoms with van der Waals surface area (Å²) in [5.41, 5.74) is 0.114. The third kappa shape index (κ3) is 2.92. The van der Waals surface area contributed by atoms with Crippen molar-refractivity contribution >= 4 is 17.4 Å². The molecule has 0 aliphatic heterocycles. The van der Waals surface area contributed by atoms with Gasteiger partial charge in [0.2, 0.25) is 0 Å². The molecule has 15 heavy (non-hydrogen) atoms. The Labute approximate surface area is 85.0 Å². The van der Waals surface area contributed by atoms with Crippen LogP contribution in [-0.2, 0) is 0 Å². The Kier molecular flexibility index (Phi) is 3.19. The minimum atomic E-state index is -0.768. The van der Waals surface area contributed by atoms with Gasteiger partial charge >= 0.3 is 6.03 Å². The highest BCUT2D eigenvalue weighted by molar-refractivity contribution is 5.88. The van der Waals surface area contributed by atoms with E-state index in [2.05, 4.69) is 5.32 Å².